The number of anilines is 2. The Balaban J connectivity index is 0.00000180. The monoisotopic (exact) mass is 537 g/mol. The van der Waals surface area contributed by atoms with Gasteiger partial charge in [0, 0.05) is 36.3 Å². The van der Waals surface area contributed by atoms with Gasteiger partial charge < -0.3 is 30.4 Å². The standard InChI is InChI=1S/C25H35N7O2.2ClH/c1-33-20-12-7-16(21(13-20)34-2)14-27-23-22-24(32(15-28-22)19-5-3-4-6-19)31-25(30-23)29-18-10-8-17(26)9-11-18;;/h7,12-13,15,17-19H,3-6,8-11,14,26H2,1-2H3,(H2,27,29,30,31);2*1H/t17-,18-;;. The number of benzene rings is 1. The van der Waals surface area contributed by atoms with Gasteiger partial charge in [0.05, 0.1) is 20.5 Å². The van der Waals surface area contributed by atoms with Crippen molar-refractivity contribution in [2.45, 2.75) is 76.0 Å². The Labute approximate surface area is 224 Å². The number of halogens is 2. The van der Waals surface area contributed by atoms with Gasteiger partial charge in [-0.1, -0.05) is 12.8 Å². The molecule has 0 radical (unpaired) electrons. The molecule has 0 aliphatic heterocycles. The fourth-order valence-corrected chi connectivity index (χ4v) is 5.18. The van der Waals surface area contributed by atoms with Gasteiger partial charge >= 0.3 is 0 Å². The normalized spacial score (nSPS) is 19.9. The van der Waals surface area contributed by atoms with Crippen molar-refractivity contribution in [1.29, 1.82) is 0 Å². The molecule has 198 valence electrons. The van der Waals surface area contributed by atoms with E-state index in [1.54, 1.807) is 14.2 Å². The molecule has 0 atom stereocenters. The highest BCUT2D eigenvalue weighted by Crippen LogP contribution is 2.34. The van der Waals surface area contributed by atoms with Crippen LogP contribution in [0.15, 0.2) is 24.5 Å². The molecule has 2 aliphatic carbocycles. The molecule has 2 fully saturated rings. The first kappa shape index (κ1) is 28.1. The van der Waals surface area contributed by atoms with E-state index in [9.17, 15) is 0 Å². The molecule has 2 heterocycles. The molecule has 0 saturated heterocycles. The summed E-state index contributed by atoms with van der Waals surface area (Å²) < 4.78 is 13.1. The van der Waals surface area contributed by atoms with Crippen molar-refractivity contribution in [2.24, 2.45) is 5.73 Å². The lowest BCUT2D eigenvalue weighted by molar-refractivity contribution is 0.391. The highest BCUT2D eigenvalue weighted by Gasteiger charge is 2.24. The fourth-order valence-electron chi connectivity index (χ4n) is 5.18. The average Bonchev–Trinajstić information content (AvgIpc) is 3.54. The van der Waals surface area contributed by atoms with Crippen molar-refractivity contribution in [3.05, 3.63) is 30.1 Å². The maximum Gasteiger partial charge on any atom is 0.227 e. The Morgan fingerprint density at radius 1 is 1.00 bits per heavy atom. The lowest BCUT2D eigenvalue weighted by atomic mass is 9.92. The number of nitrogens with zero attached hydrogens (tertiary/aromatic N) is 4. The quantitative estimate of drug-likeness (QED) is 0.364. The zero-order valence-electron chi connectivity index (χ0n) is 20.9. The minimum atomic E-state index is 0. The third kappa shape index (κ3) is 6.07. The molecule has 2 saturated carbocycles. The fraction of sp³-hybridized carbons (Fsp3) is 0.560. The first-order chi connectivity index (χ1) is 16.6. The smallest absolute Gasteiger partial charge is 0.227 e. The van der Waals surface area contributed by atoms with Crippen LogP contribution < -0.4 is 25.8 Å². The maximum absolute atomic E-state index is 6.10. The molecule has 9 nitrogen and oxygen atoms in total. The van der Waals surface area contributed by atoms with Crippen LogP contribution in [0.1, 0.15) is 63.0 Å². The highest BCUT2D eigenvalue weighted by atomic mass is 35.5. The topological polar surface area (TPSA) is 112 Å². The van der Waals surface area contributed by atoms with Crippen LogP contribution in [0.3, 0.4) is 0 Å². The molecule has 0 amide bonds. The SMILES string of the molecule is COc1ccc(CNc2nc(N[C@H]3CC[C@H](N)CC3)nc3c2ncn3C2CCCC2)c(OC)c1.Cl.Cl. The zero-order valence-corrected chi connectivity index (χ0v) is 22.5. The lowest BCUT2D eigenvalue weighted by Crippen LogP contribution is -2.33. The van der Waals surface area contributed by atoms with E-state index < -0.39 is 0 Å². The molecule has 36 heavy (non-hydrogen) atoms. The first-order valence-corrected chi connectivity index (χ1v) is 12.4. The molecule has 11 heteroatoms. The molecule has 5 rings (SSSR count). The molecule has 2 aromatic heterocycles. The second kappa shape index (κ2) is 12.7. The number of hydrogen-bond donors (Lipinski definition) is 3. The van der Waals surface area contributed by atoms with Gasteiger partial charge in [0.25, 0.3) is 0 Å². The summed E-state index contributed by atoms with van der Waals surface area (Å²) in [6.07, 6.45) is 10.9. The predicted octanol–water partition coefficient (Wildman–Crippen LogP) is 5.10. The Morgan fingerprint density at radius 3 is 2.44 bits per heavy atom. The average molecular weight is 539 g/mol. The Hall–Kier alpha value is -2.49. The molecule has 0 bridgehead atoms. The zero-order chi connectivity index (χ0) is 23.5. The summed E-state index contributed by atoms with van der Waals surface area (Å²) in [5.74, 6) is 2.91. The lowest BCUT2D eigenvalue weighted by Gasteiger charge is -2.27. The second-order valence-corrected chi connectivity index (χ2v) is 9.45. The third-order valence-electron chi connectivity index (χ3n) is 7.19. The van der Waals surface area contributed by atoms with E-state index in [2.05, 4.69) is 15.2 Å². The van der Waals surface area contributed by atoms with Gasteiger partial charge in [-0.25, -0.2) is 4.98 Å². The van der Waals surface area contributed by atoms with Gasteiger partial charge in [-0.15, -0.1) is 24.8 Å². The number of imidazole rings is 1. The molecule has 2 aliphatic rings. The molecular weight excluding hydrogens is 501 g/mol. The van der Waals surface area contributed by atoms with E-state index >= 15 is 0 Å². The van der Waals surface area contributed by atoms with Crippen LogP contribution in [0.2, 0.25) is 0 Å². The van der Waals surface area contributed by atoms with E-state index in [4.69, 9.17) is 30.2 Å². The van der Waals surface area contributed by atoms with Crippen LogP contribution in [0.5, 0.6) is 11.5 Å². The predicted molar refractivity (Wildman–Crippen MR) is 148 cm³/mol. The molecule has 1 aromatic carbocycles. The van der Waals surface area contributed by atoms with Crippen LogP contribution in [0.4, 0.5) is 11.8 Å². The number of hydrogen-bond acceptors (Lipinski definition) is 8. The largest absolute Gasteiger partial charge is 0.497 e. The Morgan fingerprint density at radius 2 is 1.75 bits per heavy atom. The number of ether oxygens (including phenoxy) is 2. The van der Waals surface area contributed by atoms with Crippen LogP contribution >= 0.6 is 24.8 Å². The summed E-state index contributed by atoms with van der Waals surface area (Å²) >= 11 is 0. The first-order valence-electron chi connectivity index (χ1n) is 12.4. The number of aromatic nitrogens is 4. The van der Waals surface area contributed by atoms with Gasteiger partial charge in [-0.3, -0.25) is 0 Å². The Kier molecular flexibility index (Phi) is 9.87. The number of rotatable bonds is 8. The van der Waals surface area contributed by atoms with E-state index in [0.717, 1.165) is 59.7 Å². The van der Waals surface area contributed by atoms with Gasteiger partial charge in [-0.2, -0.15) is 9.97 Å². The number of nitrogens with one attached hydrogen (secondary N) is 2. The van der Waals surface area contributed by atoms with E-state index in [-0.39, 0.29) is 24.8 Å². The third-order valence-corrected chi connectivity index (χ3v) is 7.19. The minimum absolute atomic E-state index is 0. The summed E-state index contributed by atoms with van der Waals surface area (Å²) in [4.78, 5) is 14.5. The second-order valence-electron chi connectivity index (χ2n) is 9.45. The van der Waals surface area contributed by atoms with E-state index in [0.29, 0.717) is 30.6 Å². The van der Waals surface area contributed by atoms with E-state index in [1.807, 2.05) is 24.5 Å². The number of methoxy groups -OCH3 is 2. The molecule has 4 N–H and O–H groups in total. The maximum atomic E-state index is 6.10. The summed E-state index contributed by atoms with van der Waals surface area (Å²) in [5.41, 5.74) is 8.81. The van der Waals surface area contributed by atoms with Gasteiger partial charge in [0.15, 0.2) is 17.0 Å². The summed E-state index contributed by atoms with van der Waals surface area (Å²) in [6, 6.07) is 6.93. The van der Waals surface area contributed by atoms with Crippen molar-refractivity contribution < 1.29 is 9.47 Å². The molecule has 0 spiro atoms. The number of nitrogens with two attached hydrogens (primary N) is 1. The van der Waals surface area contributed by atoms with Crippen molar-refractivity contribution in [3.8, 4) is 11.5 Å². The van der Waals surface area contributed by atoms with Crippen LogP contribution in [0.25, 0.3) is 11.2 Å². The Bertz CT molecular complexity index is 1130. The summed E-state index contributed by atoms with van der Waals surface area (Å²) in [7, 11) is 3.32. The summed E-state index contributed by atoms with van der Waals surface area (Å²) in [5, 5.41) is 7.07. The van der Waals surface area contributed by atoms with Crippen LogP contribution in [-0.2, 0) is 6.54 Å². The molecule has 3 aromatic rings. The van der Waals surface area contributed by atoms with Crippen molar-refractivity contribution in [3.63, 3.8) is 0 Å². The van der Waals surface area contributed by atoms with Crippen LogP contribution in [-0.4, -0.2) is 45.8 Å². The minimum Gasteiger partial charge on any atom is -0.497 e. The van der Waals surface area contributed by atoms with Gasteiger partial charge in [0.1, 0.15) is 11.5 Å². The molecular formula is C25H37Cl2N7O2. The number of fused-ring (bicyclic) bond motifs is 1. The van der Waals surface area contributed by atoms with Crippen molar-refractivity contribution in [1.82, 2.24) is 19.5 Å². The van der Waals surface area contributed by atoms with E-state index in [1.165, 1.54) is 25.7 Å². The highest BCUT2D eigenvalue weighted by molar-refractivity contribution is 5.86. The van der Waals surface area contributed by atoms with Crippen LogP contribution in [0, 0.1) is 0 Å². The summed E-state index contributed by atoms with van der Waals surface area (Å²) in [6.45, 7) is 0.549. The van der Waals surface area contributed by atoms with Gasteiger partial charge in [0.2, 0.25) is 5.95 Å². The van der Waals surface area contributed by atoms with Crippen molar-refractivity contribution >= 4 is 47.7 Å². The van der Waals surface area contributed by atoms with Gasteiger partial charge in [-0.05, 0) is 50.7 Å². The molecule has 0 unspecified atom stereocenters. The van der Waals surface area contributed by atoms with Crippen molar-refractivity contribution in [2.75, 3.05) is 24.9 Å².